The van der Waals surface area contributed by atoms with Crippen molar-refractivity contribution in [2.24, 2.45) is 5.10 Å². The number of anilines is 1. The van der Waals surface area contributed by atoms with Crippen molar-refractivity contribution in [2.45, 2.75) is 20.8 Å². The molecule has 4 nitrogen and oxygen atoms in total. The van der Waals surface area contributed by atoms with Crippen molar-refractivity contribution < 1.29 is 4.79 Å². The number of hydrazone groups is 1. The Morgan fingerprint density at radius 3 is 2.41 bits per heavy atom. The zero-order chi connectivity index (χ0) is 20.4. The van der Waals surface area contributed by atoms with Crippen LogP contribution in [0.5, 0.6) is 0 Å². The summed E-state index contributed by atoms with van der Waals surface area (Å²) >= 11 is 1.46. The van der Waals surface area contributed by atoms with Crippen molar-refractivity contribution in [3.05, 3.63) is 94.5 Å². The van der Waals surface area contributed by atoms with Gasteiger partial charge in [-0.1, -0.05) is 64.9 Å². The van der Waals surface area contributed by atoms with Crippen molar-refractivity contribution in [1.82, 2.24) is 4.98 Å². The third kappa shape index (κ3) is 4.25. The van der Waals surface area contributed by atoms with E-state index in [1.54, 1.807) is 12.3 Å². The smallest absolute Gasteiger partial charge is 0.267 e. The van der Waals surface area contributed by atoms with Gasteiger partial charge in [0.25, 0.3) is 5.91 Å². The predicted molar refractivity (Wildman–Crippen MR) is 121 cm³/mol. The SMILES string of the molecule is Cc1ccc(/C=N/N(C(=O)c2cccc(C)c2)c2nc3ccc(C)cc3s2)cc1. The lowest BCUT2D eigenvalue weighted by Gasteiger charge is -2.14. The second-order valence-corrected chi connectivity index (χ2v) is 8.12. The summed E-state index contributed by atoms with van der Waals surface area (Å²) in [5.74, 6) is -0.201. The second-order valence-electron chi connectivity index (χ2n) is 7.11. The molecular formula is C24H21N3OS. The van der Waals surface area contributed by atoms with Gasteiger partial charge in [0.2, 0.25) is 5.13 Å². The molecule has 0 saturated heterocycles. The van der Waals surface area contributed by atoms with Crippen LogP contribution in [0.2, 0.25) is 0 Å². The highest BCUT2D eigenvalue weighted by Crippen LogP contribution is 2.30. The topological polar surface area (TPSA) is 45.6 Å². The van der Waals surface area contributed by atoms with Crippen molar-refractivity contribution in [3.8, 4) is 0 Å². The number of carbonyl (C=O) groups is 1. The highest BCUT2D eigenvalue weighted by molar-refractivity contribution is 7.22. The van der Waals surface area contributed by atoms with Crippen LogP contribution in [-0.4, -0.2) is 17.1 Å². The van der Waals surface area contributed by atoms with Crippen LogP contribution in [0.1, 0.15) is 32.6 Å². The minimum atomic E-state index is -0.201. The number of aromatic nitrogens is 1. The van der Waals surface area contributed by atoms with Crippen LogP contribution in [-0.2, 0) is 0 Å². The average molecular weight is 400 g/mol. The Bertz CT molecular complexity index is 1210. The average Bonchev–Trinajstić information content (AvgIpc) is 3.12. The summed E-state index contributed by atoms with van der Waals surface area (Å²) in [5, 5.41) is 6.48. The van der Waals surface area contributed by atoms with Gasteiger partial charge in [-0.15, -0.1) is 0 Å². The van der Waals surface area contributed by atoms with Crippen LogP contribution in [0.3, 0.4) is 0 Å². The number of hydrogen-bond acceptors (Lipinski definition) is 4. The fourth-order valence-electron chi connectivity index (χ4n) is 2.98. The summed E-state index contributed by atoms with van der Waals surface area (Å²) in [7, 11) is 0. The molecule has 4 rings (SSSR count). The number of hydrogen-bond donors (Lipinski definition) is 0. The van der Waals surface area contributed by atoms with Crippen molar-refractivity contribution >= 4 is 38.8 Å². The quantitative estimate of drug-likeness (QED) is 0.317. The Morgan fingerprint density at radius 2 is 1.66 bits per heavy atom. The molecule has 5 heteroatoms. The normalized spacial score (nSPS) is 11.3. The molecular weight excluding hydrogens is 378 g/mol. The summed E-state index contributed by atoms with van der Waals surface area (Å²) in [4.78, 5) is 18.0. The summed E-state index contributed by atoms with van der Waals surface area (Å²) in [6.07, 6.45) is 1.70. The van der Waals surface area contributed by atoms with Gasteiger partial charge in [0.1, 0.15) is 0 Å². The van der Waals surface area contributed by atoms with E-state index in [1.165, 1.54) is 21.9 Å². The van der Waals surface area contributed by atoms with Crippen LogP contribution in [0.15, 0.2) is 71.8 Å². The standard InChI is InChI=1S/C24H21N3OS/c1-16-7-10-19(11-8-16)15-25-27(23(28)20-6-4-5-17(2)13-20)24-26-21-12-9-18(3)14-22(21)29-24/h4-15H,1-3H3/b25-15+. The zero-order valence-electron chi connectivity index (χ0n) is 16.6. The van der Waals surface area contributed by atoms with Crippen molar-refractivity contribution in [3.63, 3.8) is 0 Å². The summed E-state index contributed by atoms with van der Waals surface area (Å²) < 4.78 is 1.03. The molecule has 4 aromatic rings. The Balaban J connectivity index is 1.76. The van der Waals surface area contributed by atoms with Crippen LogP contribution >= 0.6 is 11.3 Å². The van der Waals surface area contributed by atoms with E-state index >= 15 is 0 Å². The molecule has 0 spiro atoms. The first-order valence-corrected chi connectivity index (χ1v) is 10.2. The van der Waals surface area contributed by atoms with Crippen LogP contribution in [0, 0.1) is 20.8 Å². The molecule has 0 bridgehead atoms. The van der Waals surface area contributed by atoms with E-state index in [0.29, 0.717) is 10.7 Å². The molecule has 0 aliphatic carbocycles. The van der Waals surface area contributed by atoms with Gasteiger partial charge < -0.3 is 0 Å². The molecule has 0 aliphatic rings. The minimum absolute atomic E-state index is 0.201. The number of aryl methyl sites for hydroxylation is 3. The van der Waals surface area contributed by atoms with E-state index in [1.807, 2.05) is 75.4 Å². The van der Waals surface area contributed by atoms with Crippen molar-refractivity contribution in [2.75, 3.05) is 5.01 Å². The minimum Gasteiger partial charge on any atom is -0.267 e. The van der Waals surface area contributed by atoms with Crippen LogP contribution < -0.4 is 5.01 Å². The second kappa shape index (κ2) is 7.97. The molecule has 1 aromatic heterocycles. The predicted octanol–water partition coefficient (Wildman–Crippen LogP) is 5.90. The third-order valence-corrected chi connectivity index (χ3v) is 5.56. The fourth-order valence-corrected chi connectivity index (χ4v) is 4.00. The van der Waals surface area contributed by atoms with Gasteiger partial charge in [0.05, 0.1) is 16.4 Å². The molecule has 0 N–H and O–H groups in total. The molecule has 0 atom stereocenters. The Morgan fingerprint density at radius 1 is 0.931 bits per heavy atom. The highest BCUT2D eigenvalue weighted by atomic mass is 32.1. The zero-order valence-corrected chi connectivity index (χ0v) is 17.4. The fraction of sp³-hybridized carbons (Fsp3) is 0.125. The number of thiazole rings is 1. The van der Waals surface area contributed by atoms with E-state index in [4.69, 9.17) is 0 Å². The molecule has 0 fully saturated rings. The summed E-state index contributed by atoms with van der Waals surface area (Å²) in [5.41, 5.74) is 5.74. The largest absolute Gasteiger partial charge is 0.280 e. The molecule has 1 heterocycles. The number of benzene rings is 3. The summed E-state index contributed by atoms with van der Waals surface area (Å²) in [6, 6.07) is 21.6. The molecule has 0 unspecified atom stereocenters. The van der Waals surface area contributed by atoms with E-state index < -0.39 is 0 Å². The number of fused-ring (bicyclic) bond motifs is 1. The lowest BCUT2D eigenvalue weighted by molar-refractivity contribution is 0.0987. The van der Waals surface area contributed by atoms with Crippen LogP contribution in [0.4, 0.5) is 5.13 Å². The van der Waals surface area contributed by atoms with Crippen LogP contribution in [0.25, 0.3) is 10.2 Å². The maximum absolute atomic E-state index is 13.3. The van der Waals surface area contributed by atoms with Gasteiger partial charge in [-0.25, -0.2) is 4.98 Å². The molecule has 1 amide bonds. The monoisotopic (exact) mass is 399 g/mol. The highest BCUT2D eigenvalue weighted by Gasteiger charge is 2.21. The Hall–Kier alpha value is -3.31. The molecule has 29 heavy (non-hydrogen) atoms. The summed E-state index contributed by atoms with van der Waals surface area (Å²) in [6.45, 7) is 6.05. The van der Waals surface area contributed by atoms with Gasteiger partial charge in [0, 0.05) is 5.56 Å². The van der Waals surface area contributed by atoms with E-state index in [2.05, 4.69) is 16.2 Å². The van der Waals surface area contributed by atoms with Gasteiger partial charge in [-0.3, -0.25) is 4.79 Å². The number of amides is 1. The Kier molecular flexibility index (Phi) is 5.23. The van der Waals surface area contributed by atoms with E-state index in [-0.39, 0.29) is 5.91 Å². The first-order chi connectivity index (χ1) is 14.0. The molecule has 0 aliphatic heterocycles. The molecule has 144 valence electrons. The van der Waals surface area contributed by atoms with Crippen molar-refractivity contribution in [1.29, 1.82) is 0 Å². The van der Waals surface area contributed by atoms with Gasteiger partial charge in [-0.2, -0.15) is 10.1 Å². The molecule has 0 radical (unpaired) electrons. The lowest BCUT2D eigenvalue weighted by Crippen LogP contribution is -2.25. The van der Waals surface area contributed by atoms with E-state index in [0.717, 1.165) is 26.9 Å². The van der Waals surface area contributed by atoms with Gasteiger partial charge in [0.15, 0.2) is 0 Å². The maximum Gasteiger partial charge on any atom is 0.280 e. The van der Waals surface area contributed by atoms with E-state index in [9.17, 15) is 4.79 Å². The number of carbonyl (C=O) groups excluding carboxylic acids is 1. The first-order valence-electron chi connectivity index (χ1n) is 9.38. The third-order valence-electron chi connectivity index (χ3n) is 4.57. The first kappa shape index (κ1) is 19.0. The lowest BCUT2D eigenvalue weighted by atomic mass is 10.1. The van der Waals surface area contributed by atoms with Gasteiger partial charge >= 0.3 is 0 Å². The van der Waals surface area contributed by atoms with Gasteiger partial charge in [-0.05, 0) is 56.2 Å². The maximum atomic E-state index is 13.3. The number of rotatable bonds is 4. The molecule has 3 aromatic carbocycles. The Labute approximate surface area is 174 Å². The number of nitrogens with zero attached hydrogens (tertiary/aromatic N) is 3. The molecule has 0 saturated carbocycles.